The Balaban J connectivity index is 4.41. The van der Waals surface area contributed by atoms with Crippen molar-refractivity contribution >= 4 is 31.5 Å². The molecule has 0 aromatic carbocycles. The minimum Gasteiger partial charge on any atom is -0.480 e. The van der Waals surface area contributed by atoms with Crippen LogP contribution in [0.2, 0.25) is 0 Å². The smallest absolute Gasteiger partial charge is 0.472 e. The van der Waals surface area contributed by atoms with Crippen LogP contribution in [0.5, 0.6) is 0 Å². The van der Waals surface area contributed by atoms with E-state index < -0.39 is 57.7 Å². The first-order chi connectivity index (χ1) is 30.5. The molecule has 3 atom stereocenters. The van der Waals surface area contributed by atoms with Gasteiger partial charge in [-0.3, -0.25) is 28.2 Å². The highest BCUT2D eigenvalue weighted by atomic mass is 31.2. The Morgan fingerprint density at radius 1 is 0.540 bits per heavy atom. The minimum absolute atomic E-state index is 0.0666. The molecule has 0 saturated heterocycles. The number of nitrogens with two attached hydrogens (primary N) is 1. The van der Waals surface area contributed by atoms with Crippen LogP contribution in [-0.2, 0) is 42.3 Å². The molecule has 0 spiro atoms. The first-order valence-corrected chi connectivity index (χ1v) is 26.1. The normalized spacial score (nSPS) is 13.9. The number of carbonyl (C=O) groups excluding carboxylic acids is 3. The van der Waals surface area contributed by atoms with Crippen LogP contribution in [0.1, 0.15) is 213 Å². The van der Waals surface area contributed by atoms with Gasteiger partial charge in [0.25, 0.3) is 0 Å². The van der Waals surface area contributed by atoms with Crippen molar-refractivity contribution in [1.82, 2.24) is 0 Å². The van der Waals surface area contributed by atoms with Crippen LogP contribution < -0.4 is 5.73 Å². The number of hydrogen-bond acceptors (Lipinski definition) is 10. The van der Waals surface area contributed by atoms with E-state index in [1.807, 2.05) is 6.08 Å². The zero-order chi connectivity index (χ0) is 46.5. The zero-order valence-electron chi connectivity index (χ0n) is 39.4. The van der Waals surface area contributed by atoms with Gasteiger partial charge < -0.3 is 25.2 Å². The van der Waals surface area contributed by atoms with Crippen molar-refractivity contribution < 1.29 is 52.3 Å². The van der Waals surface area contributed by atoms with Gasteiger partial charge in [-0.1, -0.05) is 198 Å². The van der Waals surface area contributed by atoms with E-state index in [4.69, 9.17) is 24.8 Å². The van der Waals surface area contributed by atoms with Gasteiger partial charge in [0.15, 0.2) is 11.9 Å². The Morgan fingerprint density at radius 3 is 1.54 bits per heavy atom. The highest BCUT2D eigenvalue weighted by molar-refractivity contribution is 7.47. The molecule has 0 heterocycles. The minimum atomic E-state index is -4.77. The molecule has 0 aliphatic heterocycles. The van der Waals surface area contributed by atoms with Gasteiger partial charge in [-0.05, 0) is 44.6 Å². The lowest BCUT2D eigenvalue weighted by molar-refractivity contribution is -0.161. The van der Waals surface area contributed by atoms with Crippen molar-refractivity contribution in [2.75, 3.05) is 19.8 Å². The third-order valence-corrected chi connectivity index (χ3v) is 11.5. The first kappa shape index (κ1) is 60.1. The van der Waals surface area contributed by atoms with Gasteiger partial charge in [0.05, 0.1) is 13.2 Å². The van der Waals surface area contributed by atoms with Gasteiger partial charge in [0, 0.05) is 19.3 Å². The summed E-state index contributed by atoms with van der Waals surface area (Å²) in [5.74, 6) is -2.79. The molecule has 0 saturated carbocycles. The lowest BCUT2D eigenvalue weighted by Gasteiger charge is -2.20. The molecule has 0 aromatic rings. The molecule has 0 bridgehead atoms. The fourth-order valence-corrected chi connectivity index (χ4v) is 7.45. The third-order valence-electron chi connectivity index (χ3n) is 10.6. The van der Waals surface area contributed by atoms with Gasteiger partial charge in [-0.15, -0.1) is 0 Å². The highest BCUT2D eigenvalue weighted by Crippen LogP contribution is 2.43. The quantitative estimate of drug-likeness (QED) is 0.0131. The molecule has 0 amide bonds. The summed E-state index contributed by atoms with van der Waals surface area (Å²) >= 11 is 0. The third kappa shape index (κ3) is 44.1. The Kier molecular flexibility index (Phi) is 42.3. The number of carbonyl (C=O) groups is 4. The molecule has 4 N–H and O–H groups in total. The topological polar surface area (TPSA) is 189 Å². The molecule has 0 aliphatic rings. The molecule has 1 unspecified atom stereocenters. The second-order valence-electron chi connectivity index (χ2n) is 16.6. The van der Waals surface area contributed by atoms with Gasteiger partial charge in [0.2, 0.25) is 0 Å². The molecule has 12 nitrogen and oxygen atoms in total. The van der Waals surface area contributed by atoms with Crippen molar-refractivity contribution in [3.63, 3.8) is 0 Å². The van der Waals surface area contributed by atoms with Crippen molar-refractivity contribution in [3.8, 4) is 0 Å². The van der Waals surface area contributed by atoms with Crippen LogP contribution in [0.15, 0.2) is 48.6 Å². The lowest BCUT2D eigenvalue weighted by Crippen LogP contribution is -2.34. The number of esters is 2. The van der Waals surface area contributed by atoms with Crippen molar-refractivity contribution in [1.29, 1.82) is 0 Å². The maximum atomic E-state index is 12.7. The fourth-order valence-electron chi connectivity index (χ4n) is 6.67. The Bertz CT molecular complexity index is 1310. The summed E-state index contributed by atoms with van der Waals surface area (Å²) in [6.45, 7) is 2.56. The molecule has 13 heteroatoms. The van der Waals surface area contributed by atoms with E-state index in [-0.39, 0.29) is 31.5 Å². The maximum Gasteiger partial charge on any atom is 0.472 e. The number of allylic oxidation sites excluding steroid dienone is 8. The number of phosphoric acid groups is 1. The number of aliphatic carboxylic acids is 1. The summed E-state index contributed by atoms with van der Waals surface area (Å²) in [7, 11) is -4.77. The molecule has 364 valence electrons. The number of carboxylic acids is 1. The average Bonchev–Trinajstić information content (AvgIpc) is 3.25. The summed E-state index contributed by atoms with van der Waals surface area (Å²) in [5.41, 5.74) is 5.33. The van der Waals surface area contributed by atoms with E-state index in [9.17, 15) is 28.6 Å². The van der Waals surface area contributed by atoms with E-state index in [1.54, 1.807) is 12.2 Å². The predicted octanol–water partition coefficient (Wildman–Crippen LogP) is 12.9. The van der Waals surface area contributed by atoms with Crippen LogP contribution in [0.4, 0.5) is 0 Å². The van der Waals surface area contributed by atoms with Crippen LogP contribution in [-0.4, -0.2) is 65.7 Å². The average molecular weight is 910 g/mol. The molecule has 63 heavy (non-hydrogen) atoms. The number of unbranched alkanes of at least 4 members (excludes halogenated alkanes) is 23. The molecule has 0 fully saturated rings. The Hall–Kier alpha value is -2.89. The Morgan fingerprint density at radius 2 is 1.00 bits per heavy atom. The van der Waals surface area contributed by atoms with E-state index in [2.05, 4.69) is 42.7 Å². The largest absolute Gasteiger partial charge is 0.480 e. The summed E-state index contributed by atoms with van der Waals surface area (Å²) in [5, 5.41) is 8.91. The molecule has 0 aliphatic carbocycles. The van der Waals surface area contributed by atoms with Crippen LogP contribution in [0, 0.1) is 0 Å². The summed E-state index contributed by atoms with van der Waals surface area (Å²) in [6.07, 6.45) is 47.6. The highest BCUT2D eigenvalue weighted by Gasteiger charge is 2.28. The Labute approximate surface area is 381 Å². The number of ketones is 1. The second kappa shape index (κ2) is 44.3. The molecular formula is C50H88NO11P. The summed E-state index contributed by atoms with van der Waals surface area (Å²) < 4.78 is 32.6. The zero-order valence-corrected chi connectivity index (χ0v) is 40.3. The fraction of sp³-hybridized carbons (Fsp3) is 0.760. The summed E-state index contributed by atoms with van der Waals surface area (Å²) in [6, 6.07) is -1.55. The van der Waals surface area contributed by atoms with E-state index in [1.165, 1.54) is 134 Å². The lowest BCUT2D eigenvalue weighted by atomic mass is 10.0. The van der Waals surface area contributed by atoms with Gasteiger partial charge >= 0.3 is 25.7 Å². The van der Waals surface area contributed by atoms with Gasteiger partial charge in [-0.25, -0.2) is 4.57 Å². The van der Waals surface area contributed by atoms with Crippen molar-refractivity contribution in [2.24, 2.45) is 5.73 Å². The molecule has 0 radical (unpaired) electrons. The SMILES string of the molecule is CCCCC/C=C\C/C=C\C/C=C\C=C\C(=O)CCCC(=O)OC[C@H](COP(=O)(O)OC[C@H](N)C(=O)O)OC(=O)CCCCCCCCCCCCCCCCCCCCCCC. The predicted molar refractivity (Wildman–Crippen MR) is 254 cm³/mol. The standard InChI is InChI=1S/C50H88NO11P/c1-3-5-7-9-11-13-15-17-18-19-20-21-22-23-24-26-28-30-32-34-36-40-49(54)62-46(43-60-63(57,58)61-44-47(51)50(55)56)42-59-48(53)41-37-39-45(52)38-35-33-31-29-27-25-16-14-12-10-8-6-4-2/h12,14,25,27,31,33,35,38,46-47H,3-11,13,15-24,26,28-30,32,34,36-37,39-44,51H2,1-2H3,(H,55,56)(H,57,58)/b14-12-,27-25-,33-31-,38-35+/t46-,47+/m1/s1. The number of phosphoric ester groups is 1. The van der Waals surface area contributed by atoms with Crippen LogP contribution in [0.3, 0.4) is 0 Å². The van der Waals surface area contributed by atoms with Gasteiger partial charge in [-0.2, -0.15) is 0 Å². The number of rotatable bonds is 46. The van der Waals surface area contributed by atoms with Crippen LogP contribution in [0.25, 0.3) is 0 Å². The molecule has 0 rings (SSSR count). The summed E-state index contributed by atoms with van der Waals surface area (Å²) in [4.78, 5) is 58.3. The van der Waals surface area contributed by atoms with Gasteiger partial charge in [0.1, 0.15) is 12.6 Å². The maximum absolute atomic E-state index is 12.7. The first-order valence-electron chi connectivity index (χ1n) is 24.6. The molecular weight excluding hydrogens is 822 g/mol. The van der Waals surface area contributed by atoms with E-state index >= 15 is 0 Å². The van der Waals surface area contributed by atoms with Crippen molar-refractivity contribution in [3.05, 3.63) is 48.6 Å². The number of carboxylic acid groups (broad SMARTS) is 1. The monoisotopic (exact) mass is 910 g/mol. The van der Waals surface area contributed by atoms with Crippen LogP contribution >= 0.6 is 7.82 Å². The molecule has 0 aromatic heterocycles. The number of hydrogen-bond donors (Lipinski definition) is 3. The van der Waals surface area contributed by atoms with Crippen molar-refractivity contribution in [2.45, 2.75) is 225 Å². The second-order valence-corrected chi connectivity index (χ2v) is 18.1. The van der Waals surface area contributed by atoms with E-state index in [0.29, 0.717) is 6.42 Å². The number of ether oxygens (including phenoxy) is 2. The van der Waals surface area contributed by atoms with E-state index in [0.717, 1.165) is 38.5 Å².